The van der Waals surface area contributed by atoms with Crippen molar-refractivity contribution in [2.75, 3.05) is 39.3 Å². The Balaban J connectivity index is 1.45. The number of nitrogens with two attached hydrogens (primary N) is 1. The number of hydrogen-bond acceptors (Lipinski definition) is 4. The van der Waals surface area contributed by atoms with Gasteiger partial charge in [-0.1, -0.05) is 37.3 Å². The summed E-state index contributed by atoms with van der Waals surface area (Å²) in [6, 6.07) is 11.1. The van der Waals surface area contributed by atoms with Crippen molar-refractivity contribution in [3.63, 3.8) is 0 Å². The highest BCUT2D eigenvalue weighted by atomic mass is 16.2. The lowest BCUT2D eigenvalue weighted by atomic mass is 9.94. The van der Waals surface area contributed by atoms with Gasteiger partial charge >= 0.3 is 0 Å². The molecule has 0 radical (unpaired) electrons. The highest BCUT2D eigenvalue weighted by Crippen LogP contribution is 2.24. The number of piperazine rings is 1. The van der Waals surface area contributed by atoms with E-state index < -0.39 is 0 Å². The Kier molecular flexibility index (Phi) is 6.90. The van der Waals surface area contributed by atoms with Crippen LogP contribution < -0.4 is 5.73 Å². The van der Waals surface area contributed by atoms with E-state index in [9.17, 15) is 4.79 Å². The molecule has 4 unspecified atom stereocenters. The number of benzene rings is 1. The number of carbonyl (C=O) groups excluding carboxylic acids is 1. The molecular weight excluding hydrogens is 336 g/mol. The lowest BCUT2D eigenvalue weighted by Gasteiger charge is -2.38. The second-order valence-corrected chi connectivity index (χ2v) is 8.41. The quantitative estimate of drug-likeness (QED) is 0.833. The highest BCUT2D eigenvalue weighted by Gasteiger charge is 2.30. The molecule has 2 heterocycles. The smallest absolute Gasteiger partial charge is 0.227 e. The van der Waals surface area contributed by atoms with Crippen LogP contribution in [0.4, 0.5) is 0 Å². The van der Waals surface area contributed by atoms with Crippen LogP contribution in [0.25, 0.3) is 0 Å². The summed E-state index contributed by atoms with van der Waals surface area (Å²) in [5, 5.41) is 0. The molecule has 3 rings (SSSR count). The molecule has 27 heavy (non-hydrogen) atoms. The normalized spacial score (nSPS) is 26.9. The third kappa shape index (κ3) is 4.89. The van der Waals surface area contributed by atoms with Crippen LogP contribution in [0.3, 0.4) is 0 Å². The molecule has 5 heteroatoms. The molecule has 4 atom stereocenters. The van der Waals surface area contributed by atoms with E-state index in [2.05, 4.69) is 23.6 Å². The van der Waals surface area contributed by atoms with Gasteiger partial charge in [0.25, 0.3) is 0 Å². The fourth-order valence-corrected chi connectivity index (χ4v) is 4.54. The zero-order valence-corrected chi connectivity index (χ0v) is 17.2. The summed E-state index contributed by atoms with van der Waals surface area (Å²) >= 11 is 0. The van der Waals surface area contributed by atoms with Crippen molar-refractivity contribution >= 4 is 5.91 Å². The summed E-state index contributed by atoms with van der Waals surface area (Å²) in [4.78, 5) is 20.0. The maximum absolute atomic E-state index is 12.9. The van der Waals surface area contributed by atoms with E-state index in [0.717, 1.165) is 44.8 Å². The first-order valence-corrected chi connectivity index (χ1v) is 10.5. The average Bonchev–Trinajstić information content (AvgIpc) is 3.03. The molecule has 2 aliphatic rings. The van der Waals surface area contributed by atoms with Gasteiger partial charge in [0.1, 0.15) is 0 Å². The van der Waals surface area contributed by atoms with Crippen LogP contribution in [0.5, 0.6) is 0 Å². The minimum atomic E-state index is -0.241. The van der Waals surface area contributed by atoms with E-state index in [1.165, 1.54) is 12.8 Å². The third-order valence-corrected chi connectivity index (χ3v) is 6.61. The molecule has 0 aliphatic carbocycles. The Morgan fingerprint density at radius 2 is 1.63 bits per heavy atom. The van der Waals surface area contributed by atoms with Gasteiger partial charge in [-0.25, -0.2) is 0 Å². The molecule has 2 fully saturated rings. The molecule has 5 nitrogen and oxygen atoms in total. The molecule has 1 aromatic rings. The molecule has 2 saturated heterocycles. The molecule has 0 saturated carbocycles. The number of amides is 1. The van der Waals surface area contributed by atoms with Crippen molar-refractivity contribution in [3.8, 4) is 0 Å². The Labute approximate surface area is 164 Å². The maximum Gasteiger partial charge on any atom is 0.227 e. The largest absolute Gasteiger partial charge is 0.340 e. The molecule has 150 valence electrons. The van der Waals surface area contributed by atoms with Crippen molar-refractivity contribution in [1.29, 1.82) is 0 Å². The second kappa shape index (κ2) is 9.18. The van der Waals surface area contributed by atoms with E-state index in [0.29, 0.717) is 12.1 Å². The van der Waals surface area contributed by atoms with Gasteiger partial charge in [-0.2, -0.15) is 0 Å². The van der Waals surface area contributed by atoms with Crippen LogP contribution in [0.2, 0.25) is 0 Å². The molecular formula is C22H36N4O. The topological polar surface area (TPSA) is 52.8 Å². The van der Waals surface area contributed by atoms with Gasteiger partial charge in [0.15, 0.2) is 0 Å². The lowest BCUT2D eigenvalue weighted by molar-refractivity contribution is -0.137. The van der Waals surface area contributed by atoms with Crippen LogP contribution >= 0.6 is 0 Å². The predicted octanol–water partition coefficient (Wildman–Crippen LogP) is 2.34. The van der Waals surface area contributed by atoms with Crippen molar-refractivity contribution in [2.45, 2.75) is 51.7 Å². The van der Waals surface area contributed by atoms with Gasteiger partial charge in [0, 0.05) is 57.4 Å². The molecule has 1 amide bonds. The van der Waals surface area contributed by atoms with Crippen LogP contribution in [0.1, 0.15) is 45.2 Å². The van der Waals surface area contributed by atoms with Gasteiger partial charge < -0.3 is 10.6 Å². The van der Waals surface area contributed by atoms with Crippen LogP contribution in [-0.2, 0) is 4.79 Å². The Morgan fingerprint density at radius 1 is 1.04 bits per heavy atom. The Bertz CT molecular complexity index is 590. The first kappa shape index (κ1) is 20.3. The second-order valence-electron chi connectivity index (χ2n) is 8.41. The molecule has 0 spiro atoms. The van der Waals surface area contributed by atoms with Crippen molar-refractivity contribution in [2.24, 2.45) is 11.7 Å². The van der Waals surface area contributed by atoms with Crippen LogP contribution in [-0.4, -0.2) is 72.0 Å². The number of carbonyl (C=O) groups is 1. The number of likely N-dealkylation sites (tertiary alicyclic amines) is 1. The van der Waals surface area contributed by atoms with E-state index >= 15 is 0 Å². The third-order valence-electron chi connectivity index (χ3n) is 6.61. The van der Waals surface area contributed by atoms with Crippen LogP contribution in [0, 0.1) is 5.92 Å². The SMILES string of the molecule is CC(C(=O)N1CCN(CCN2C(C)CCC2C)CC1)C(N)c1ccccc1. The standard InChI is InChI=1S/C22H36N4O/c1-17-9-10-18(2)26(17)16-13-24-11-14-25(15-12-24)22(27)19(3)21(23)20-7-5-4-6-8-20/h4-8,17-19,21H,9-16,23H2,1-3H3. The van der Waals surface area contributed by atoms with E-state index in [4.69, 9.17) is 5.73 Å². The van der Waals surface area contributed by atoms with Crippen molar-refractivity contribution in [1.82, 2.24) is 14.7 Å². The number of hydrogen-bond donors (Lipinski definition) is 1. The van der Waals surface area contributed by atoms with Gasteiger partial charge in [-0.15, -0.1) is 0 Å². The van der Waals surface area contributed by atoms with Crippen molar-refractivity contribution in [3.05, 3.63) is 35.9 Å². The maximum atomic E-state index is 12.9. The first-order chi connectivity index (χ1) is 13.0. The predicted molar refractivity (Wildman–Crippen MR) is 110 cm³/mol. The van der Waals surface area contributed by atoms with Gasteiger partial charge in [0.2, 0.25) is 5.91 Å². The summed E-state index contributed by atoms with van der Waals surface area (Å²) in [7, 11) is 0. The molecule has 1 aromatic carbocycles. The molecule has 2 N–H and O–H groups in total. The van der Waals surface area contributed by atoms with Gasteiger partial charge in [0.05, 0.1) is 5.92 Å². The fourth-order valence-electron chi connectivity index (χ4n) is 4.54. The summed E-state index contributed by atoms with van der Waals surface area (Å²) in [6.07, 6.45) is 2.64. The average molecular weight is 373 g/mol. The van der Waals surface area contributed by atoms with E-state index in [1.54, 1.807) is 0 Å². The minimum Gasteiger partial charge on any atom is -0.340 e. The molecule has 0 bridgehead atoms. The lowest BCUT2D eigenvalue weighted by Crippen LogP contribution is -2.52. The van der Waals surface area contributed by atoms with E-state index in [1.807, 2.05) is 42.2 Å². The monoisotopic (exact) mass is 372 g/mol. The van der Waals surface area contributed by atoms with Crippen molar-refractivity contribution < 1.29 is 4.79 Å². The number of rotatable bonds is 6. The Morgan fingerprint density at radius 3 is 2.22 bits per heavy atom. The fraction of sp³-hybridized carbons (Fsp3) is 0.682. The highest BCUT2D eigenvalue weighted by molar-refractivity contribution is 5.79. The summed E-state index contributed by atoms with van der Waals surface area (Å²) in [6.45, 7) is 12.5. The van der Waals surface area contributed by atoms with Crippen LogP contribution in [0.15, 0.2) is 30.3 Å². The van der Waals surface area contributed by atoms with Gasteiger partial charge in [-0.05, 0) is 32.3 Å². The Hall–Kier alpha value is -1.43. The molecule has 2 aliphatic heterocycles. The molecule has 0 aromatic heterocycles. The van der Waals surface area contributed by atoms with Gasteiger partial charge in [-0.3, -0.25) is 14.6 Å². The first-order valence-electron chi connectivity index (χ1n) is 10.5. The number of nitrogens with zero attached hydrogens (tertiary/aromatic N) is 3. The summed E-state index contributed by atoms with van der Waals surface area (Å²) < 4.78 is 0. The summed E-state index contributed by atoms with van der Waals surface area (Å²) in [5.41, 5.74) is 7.39. The summed E-state index contributed by atoms with van der Waals surface area (Å²) in [5.74, 6) is -0.00182. The van der Waals surface area contributed by atoms with E-state index in [-0.39, 0.29) is 17.9 Å². The minimum absolute atomic E-state index is 0.188. The zero-order valence-electron chi connectivity index (χ0n) is 17.2. The zero-order chi connectivity index (χ0) is 19.4.